The zero-order valence-electron chi connectivity index (χ0n) is 8.33. The number of carbonyl (C=O) groups excluding carboxylic acids is 1. The Kier molecular flexibility index (Phi) is 4.07. The number of amides is 1. The van der Waals surface area contributed by atoms with Crippen LogP contribution < -0.4 is 4.90 Å². The van der Waals surface area contributed by atoms with Crippen LogP contribution in [0, 0.1) is 0 Å². The largest absolute Gasteiger partial charge is 0.299 e. The Hall–Kier alpha value is -0.900. The molecule has 0 N–H and O–H groups in total. The van der Waals surface area contributed by atoms with Crippen LogP contribution in [0.4, 0.5) is 5.82 Å². The fourth-order valence-corrected chi connectivity index (χ4v) is 1.64. The third kappa shape index (κ3) is 2.54. The van der Waals surface area contributed by atoms with E-state index in [4.69, 9.17) is 0 Å². The summed E-state index contributed by atoms with van der Waals surface area (Å²) in [6, 6.07) is 3.70. The summed E-state index contributed by atoms with van der Waals surface area (Å²) in [6.45, 7) is 1.99. The standard InChI is InChI=1S/C10H13BrN2O/c1-3-5-9(14)13(2)10-8(11)6-4-7-12-10/h4,6-7H,3,5H2,1-2H3. The molecular formula is C10H13BrN2O. The van der Waals surface area contributed by atoms with Crippen LogP contribution in [-0.2, 0) is 4.79 Å². The molecule has 3 nitrogen and oxygen atoms in total. The van der Waals surface area contributed by atoms with E-state index in [0.717, 1.165) is 10.9 Å². The zero-order valence-corrected chi connectivity index (χ0v) is 9.91. The minimum atomic E-state index is 0.0897. The van der Waals surface area contributed by atoms with Crippen molar-refractivity contribution < 1.29 is 4.79 Å². The van der Waals surface area contributed by atoms with Gasteiger partial charge in [-0.1, -0.05) is 6.92 Å². The van der Waals surface area contributed by atoms with Gasteiger partial charge in [0, 0.05) is 19.7 Å². The monoisotopic (exact) mass is 256 g/mol. The Morgan fingerprint density at radius 1 is 1.64 bits per heavy atom. The van der Waals surface area contributed by atoms with Gasteiger partial charge in [0.2, 0.25) is 5.91 Å². The highest BCUT2D eigenvalue weighted by Crippen LogP contribution is 2.22. The molecule has 0 aliphatic carbocycles. The Morgan fingerprint density at radius 3 is 2.93 bits per heavy atom. The number of rotatable bonds is 3. The van der Waals surface area contributed by atoms with Crippen molar-refractivity contribution in [3.05, 3.63) is 22.8 Å². The van der Waals surface area contributed by atoms with Gasteiger partial charge in [-0.15, -0.1) is 0 Å². The van der Waals surface area contributed by atoms with E-state index in [-0.39, 0.29) is 5.91 Å². The summed E-state index contributed by atoms with van der Waals surface area (Å²) >= 11 is 3.36. The molecule has 4 heteroatoms. The third-order valence-corrected chi connectivity index (χ3v) is 2.51. The van der Waals surface area contributed by atoms with Crippen molar-refractivity contribution in [3.8, 4) is 0 Å². The van der Waals surface area contributed by atoms with Crippen molar-refractivity contribution in [2.75, 3.05) is 11.9 Å². The van der Waals surface area contributed by atoms with E-state index < -0.39 is 0 Å². The Balaban J connectivity index is 2.84. The van der Waals surface area contributed by atoms with Gasteiger partial charge in [0.1, 0.15) is 5.82 Å². The predicted molar refractivity (Wildman–Crippen MR) is 60.3 cm³/mol. The molecule has 1 rings (SSSR count). The molecule has 0 aliphatic heterocycles. The number of halogens is 1. The van der Waals surface area contributed by atoms with Gasteiger partial charge in [0.15, 0.2) is 0 Å². The molecule has 0 aromatic carbocycles. The van der Waals surface area contributed by atoms with Gasteiger partial charge in [-0.3, -0.25) is 9.69 Å². The number of nitrogens with zero attached hydrogens (tertiary/aromatic N) is 2. The highest BCUT2D eigenvalue weighted by atomic mass is 79.9. The molecule has 0 fully saturated rings. The molecule has 1 aromatic rings. The summed E-state index contributed by atoms with van der Waals surface area (Å²) in [5, 5.41) is 0. The molecule has 0 spiro atoms. The Morgan fingerprint density at radius 2 is 2.36 bits per heavy atom. The molecule has 0 unspecified atom stereocenters. The maximum absolute atomic E-state index is 11.6. The molecule has 0 radical (unpaired) electrons. The lowest BCUT2D eigenvalue weighted by Crippen LogP contribution is -2.26. The summed E-state index contributed by atoms with van der Waals surface area (Å²) in [7, 11) is 1.74. The molecule has 0 bridgehead atoms. The first kappa shape index (κ1) is 11.2. The first-order chi connectivity index (χ1) is 6.66. The van der Waals surface area contributed by atoms with Crippen molar-refractivity contribution in [1.29, 1.82) is 0 Å². The number of hydrogen-bond acceptors (Lipinski definition) is 2. The predicted octanol–water partition coefficient (Wildman–Crippen LogP) is 2.61. The molecule has 0 saturated carbocycles. The topological polar surface area (TPSA) is 33.2 Å². The molecular weight excluding hydrogens is 244 g/mol. The van der Waals surface area contributed by atoms with Crippen LogP contribution in [0.15, 0.2) is 22.8 Å². The molecule has 1 aromatic heterocycles. The van der Waals surface area contributed by atoms with Crippen LogP contribution in [0.2, 0.25) is 0 Å². The SMILES string of the molecule is CCCC(=O)N(C)c1ncccc1Br. The number of aromatic nitrogens is 1. The van der Waals surface area contributed by atoms with Crippen molar-refractivity contribution >= 4 is 27.7 Å². The summed E-state index contributed by atoms with van der Waals surface area (Å²) in [6.07, 6.45) is 3.09. The maximum atomic E-state index is 11.6. The van der Waals surface area contributed by atoms with Crippen LogP contribution in [-0.4, -0.2) is 17.9 Å². The maximum Gasteiger partial charge on any atom is 0.227 e. The first-order valence-corrected chi connectivity index (χ1v) is 5.33. The third-order valence-electron chi connectivity index (χ3n) is 1.89. The fourth-order valence-electron chi connectivity index (χ4n) is 1.12. The van der Waals surface area contributed by atoms with Crippen molar-refractivity contribution in [2.45, 2.75) is 19.8 Å². The number of anilines is 1. The van der Waals surface area contributed by atoms with E-state index in [1.807, 2.05) is 19.1 Å². The molecule has 1 heterocycles. The van der Waals surface area contributed by atoms with Gasteiger partial charge < -0.3 is 0 Å². The van der Waals surface area contributed by atoms with Crippen LogP contribution in [0.3, 0.4) is 0 Å². The van der Waals surface area contributed by atoms with E-state index in [1.165, 1.54) is 0 Å². The first-order valence-electron chi connectivity index (χ1n) is 4.54. The van der Waals surface area contributed by atoms with Gasteiger partial charge in [0.25, 0.3) is 0 Å². The van der Waals surface area contributed by atoms with Crippen LogP contribution in [0.25, 0.3) is 0 Å². The average molecular weight is 257 g/mol. The fraction of sp³-hybridized carbons (Fsp3) is 0.400. The van der Waals surface area contributed by atoms with Gasteiger partial charge >= 0.3 is 0 Å². The normalized spacial score (nSPS) is 9.93. The van der Waals surface area contributed by atoms with Crippen LogP contribution in [0.5, 0.6) is 0 Å². The molecule has 0 atom stereocenters. The smallest absolute Gasteiger partial charge is 0.227 e. The van der Waals surface area contributed by atoms with E-state index in [2.05, 4.69) is 20.9 Å². The number of pyridine rings is 1. The average Bonchev–Trinajstić information content (AvgIpc) is 2.18. The summed E-state index contributed by atoms with van der Waals surface area (Å²) in [5.74, 6) is 0.762. The van der Waals surface area contributed by atoms with Gasteiger partial charge in [-0.05, 0) is 34.5 Å². The Bertz CT molecular complexity index is 328. The molecule has 0 saturated heterocycles. The minimum Gasteiger partial charge on any atom is -0.299 e. The number of hydrogen-bond donors (Lipinski definition) is 0. The number of carbonyl (C=O) groups is 1. The summed E-state index contributed by atoms with van der Waals surface area (Å²) < 4.78 is 0.840. The van der Waals surface area contributed by atoms with Crippen LogP contribution in [0.1, 0.15) is 19.8 Å². The van der Waals surface area contributed by atoms with Crippen LogP contribution >= 0.6 is 15.9 Å². The lowest BCUT2D eigenvalue weighted by molar-refractivity contribution is -0.118. The van der Waals surface area contributed by atoms with Crippen molar-refractivity contribution in [3.63, 3.8) is 0 Å². The zero-order chi connectivity index (χ0) is 10.6. The van der Waals surface area contributed by atoms with Gasteiger partial charge in [-0.2, -0.15) is 0 Å². The molecule has 1 amide bonds. The molecule has 76 valence electrons. The van der Waals surface area contributed by atoms with E-state index in [0.29, 0.717) is 12.2 Å². The lowest BCUT2D eigenvalue weighted by Gasteiger charge is -2.16. The van der Waals surface area contributed by atoms with E-state index in [1.54, 1.807) is 18.1 Å². The Labute approximate surface area is 92.3 Å². The van der Waals surface area contributed by atoms with Crippen molar-refractivity contribution in [2.24, 2.45) is 0 Å². The summed E-state index contributed by atoms with van der Waals surface area (Å²) in [4.78, 5) is 17.3. The highest BCUT2D eigenvalue weighted by molar-refractivity contribution is 9.10. The van der Waals surface area contributed by atoms with Crippen molar-refractivity contribution in [1.82, 2.24) is 4.98 Å². The van der Waals surface area contributed by atoms with E-state index in [9.17, 15) is 4.79 Å². The second kappa shape index (κ2) is 5.10. The van der Waals surface area contributed by atoms with Gasteiger partial charge in [-0.25, -0.2) is 4.98 Å². The minimum absolute atomic E-state index is 0.0897. The lowest BCUT2D eigenvalue weighted by atomic mass is 10.3. The second-order valence-electron chi connectivity index (χ2n) is 3.01. The van der Waals surface area contributed by atoms with Gasteiger partial charge in [0.05, 0.1) is 4.47 Å². The highest BCUT2D eigenvalue weighted by Gasteiger charge is 2.12. The molecule has 0 aliphatic rings. The second-order valence-corrected chi connectivity index (χ2v) is 3.87. The molecule has 14 heavy (non-hydrogen) atoms. The van der Waals surface area contributed by atoms with E-state index >= 15 is 0 Å². The summed E-state index contributed by atoms with van der Waals surface area (Å²) in [5.41, 5.74) is 0. The quantitative estimate of drug-likeness (QED) is 0.833.